The molecule has 0 atom stereocenters. The van der Waals surface area contributed by atoms with Gasteiger partial charge in [0.15, 0.2) is 0 Å². The summed E-state index contributed by atoms with van der Waals surface area (Å²) in [5, 5.41) is 2.92. The van der Waals surface area contributed by atoms with E-state index in [0.717, 1.165) is 22.5 Å². The fourth-order valence-corrected chi connectivity index (χ4v) is 3.70. The highest BCUT2D eigenvalue weighted by molar-refractivity contribution is 6.30. The summed E-state index contributed by atoms with van der Waals surface area (Å²) in [5.41, 5.74) is 3.81. The summed E-state index contributed by atoms with van der Waals surface area (Å²) in [4.78, 5) is 24.5. The standard InChI is InChI=1S/C23H16ClFN6O2/c1-33-23(32)29-20-8-2-14(10-26-20)18-11-27-21-9-3-15(13-30(18)21)22-28-12-19(24)31(22)17-6-4-16(25)5-7-17/h2-13H,1H3,(H,26,29,32). The van der Waals surface area contributed by atoms with E-state index in [0.29, 0.717) is 22.5 Å². The Hall–Kier alpha value is -4.24. The molecule has 0 spiro atoms. The second-order valence-electron chi connectivity index (χ2n) is 7.05. The average Bonchev–Trinajstić information content (AvgIpc) is 3.43. The van der Waals surface area contributed by atoms with E-state index in [1.807, 2.05) is 28.8 Å². The number of carbonyl (C=O) groups is 1. The smallest absolute Gasteiger partial charge is 0.412 e. The number of benzene rings is 1. The van der Waals surface area contributed by atoms with Gasteiger partial charge in [-0.3, -0.25) is 14.3 Å². The number of carbonyl (C=O) groups excluding carboxylic acids is 1. The number of fused-ring (bicyclic) bond motifs is 1. The zero-order chi connectivity index (χ0) is 22.9. The number of methoxy groups -OCH3 is 1. The maximum absolute atomic E-state index is 13.4. The molecule has 0 saturated carbocycles. The van der Waals surface area contributed by atoms with Gasteiger partial charge < -0.3 is 4.74 Å². The van der Waals surface area contributed by atoms with Crippen LogP contribution in [0.5, 0.6) is 0 Å². The van der Waals surface area contributed by atoms with Crippen molar-refractivity contribution in [2.45, 2.75) is 0 Å². The highest BCUT2D eigenvalue weighted by atomic mass is 35.5. The summed E-state index contributed by atoms with van der Waals surface area (Å²) in [6.45, 7) is 0. The second-order valence-corrected chi connectivity index (χ2v) is 7.44. The van der Waals surface area contributed by atoms with E-state index in [9.17, 15) is 9.18 Å². The first-order valence-corrected chi connectivity index (χ1v) is 10.2. The van der Waals surface area contributed by atoms with Gasteiger partial charge in [0.2, 0.25) is 0 Å². The monoisotopic (exact) mass is 462 g/mol. The van der Waals surface area contributed by atoms with Gasteiger partial charge in [0.25, 0.3) is 0 Å². The van der Waals surface area contributed by atoms with Gasteiger partial charge >= 0.3 is 6.09 Å². The third-order valence-electron chi connectivity index (χ3n) is 5.04. The van der Waals surface area contributed by atoms with E-state index in [4.69, 9.17) is 11.6 Å². The highest BCUT2D eigenvalue weighted by Gasteiger charge is 2.15. The molecule has 0 aliphatic rings. The van der Waals surface area contributed by atoms with Gasteiger partial charge in [0.05, 0.1) is 25.2 Å². The summed E-state index contributed by atoms with van der Waals surface area (Å²) in [6.07, 6.45) is 6.23. The summed E-state index contributed by atoms with van der Waals surface area (Å²) in [7, 11) is 1.29. The van der Waals surface area contributed by atoms with Crippen molar-refractivity contribution in [3.8, 4) is 28.3 Å². The van der Waals surface area contributed by atoms with Gasteiger partial charge in [-0.1, -0.05) is 11.6 Å². The van der Waals surface area contributed by atoms with Gasteiger partial charge in [0.1, 0.15) is 28.3 Å². The molecule has 164 valence electrons. The maximum Gasteiger partial charge on any atom is 0.412 e. The topological polar surface area (TPSA) is 86.3 Å². The van der Waals surface area contributed by atoms with E-state index in [-0.39, 0.29) is 5.82 Å². The van der Waals surface area contributed by atoms with Crippen LogP contribution in [0.25, 0.3) is 34.0 Å². The first-order chi connectivity index (χ1) is 16.0. The lowest BCUT2D eigenvalue weighted by Crippen LogP contribution is -2.11. The fourth-order valence-electron chi connectivity index (χ4n) is 3.47. The number of rotatable bonds is 4. The Kier molecular flexibility index (Phi) is 5.23. The number of aromatic nitrogens is 5. The molecule has 8 nitrogen and oxygen atoms in total. The molecule has 1 aromatic carbocycles. The van der Waals surface area contributed by atoms with Crippen molar-refractivity contribution in [3.63, 3.8) is 0 Å². The van der Waals surface area contributed by atoms with E-state index < -0.39 is 6.09 Å². The first kappa shape index (κ1) is 20.7. The molecular formula is C23H16ClFN6O2. The summed E-state index contributed by atoms with van der Waals surface area (Å²) >= 11 is 6.40. The van der Waals surface area contributed by atoms with E-state index >= 15 is 0 Å². The number of nitrogens with one attached hydrogen (secondary N) is 1. The van der Waals surface area contributed by atoms with Crippen LogP contribution in [0, 0.1) is 5.82 Å². The third kappa shape index (κ3) is 3.90. The van der Waals surface area contributed by atoms with Crippen LogP contribution in [-0.4, -0.2) is 37.1 Å². The molecule has 10 heteroatoms. The van der Waals surface area contributed by atoms with Crippen LogP contribution in [0.4, 0.5) is 15.0 Å². The molecule has 0 saturated heterocycles. The van der Waals surface area contributed by atoms with Crippen molar-refractivity contribution < 1.29 is 13.9 Å². The molecule has 0 aliphatic carbocycles. The summed E-state index contributed by atoms with van der Waals surface area (Å²) < 4.78 is 21.6. The number of hydrogen-bond acceptors (Lipinski definition) is 5. The van der Waals surface area contributed by atoms with Crippen LogP contribution in [0.1, 0.15) is 0 Å². The minimum Gasteiger partial charge on any atom is -0.453 e. The Morgan fingerprint density at radius 3 is 2.48 bits per heavy atom. The molecule has 0 aliphatic heterocycles. The van der Waals surface area contributed by atoms with Crippen molar-refractivity contribution in [2.24, 2.45) is 0 Å². The lowest BCUT2D eigenvalue weighted by atomic mass is 10.2. The Labute approximate surface area is 192 Å². The van der Waals surface area contributed by atoms with Gasteiger partial charge in [-0.05, 0) is 48.5 Å². The molecule has 0 bridgehead atoms. The van der Waals surface area contributed by atoms with Crippen LogP contribution < -0.4 is 5.32 Å². The Bertz CT molecular complexity index is 1460. The molecule has 1 amide bonds. The first-order valence-electron chi connectivity index (χ1n) is 9.81. The Balaban J connectivity index is 1.55. The van der Waals surface area contributed by atoms with E-state index in [2.05, 4.69) is 25.0 Å². The minimum absolute atomic E-state index is 0.331. The normalized spacial score (nSPS) is 11.0. The van der Waals surface area contributed by atoms with Crippen LogP contribution in [0.3, 0.4) is 0 Å². The SMILES string of the molecule is COC(=O)Nc1ccc(-c2cnc3ccc(-c4ncc(Cl)n4-c4ccc(F)cc4)cn23)cn1. The number of ether oxygens (including phenoxy) is 1. The predicted octanol–water partition coefficient (Wildman–Crippen LogP) is 5.22. The van der Waals surface area contributed by atoms with Crippen molar-refractivity contribution in [3.05, 3.63) is 84.3 Å². The number of imidazole rings is 2. The van der Waals surface area contributed by atoms with Crippen molar-refractivity contribution >= 4 is 29.2 Å². The Morgan fingerprint density at radius 2 is 1.76 bits per heavy atom. The number of nitrogens with zero attached hydrogens (tertiary/aromatic N) is 5. The summed E-state index contributed by atoms with van der Waals surface area (Å²) in [5.74, 6) is 0.641. The van der Waals surface area contributed by atoms with Crippen molar-refractivity contribution in [1.82, 2.24) is 23.9 Å². The highest BCUT2D eigenvalue weighted by Crippen LogP contribution is 2.29. The van der Waals surface area contributed by atoms with Crippen LogP contribution in [0.2, 0.25) is 5.15 Å². The largest absolute Gasteiger partial charge is 0.453 e. The molecule has 0 radical (unpaired) electrons. The third-order valence-corrected chi connectivity index (χ3v) is 5.31. The fraction of sp³-hybridized carbons (Fsp3) is 0.0435. The lowest BCUT2D eigenvalue weighted by molar-refractivity contribution is 0.187. The zero-order valence-electron chi connectivity index (χ0n) is 17.2. The Morgan fingerprint density at radius 1 is 0.970 bits per heavy atom. The molecule has 33 heavy (non-hydrogen) atoms. The zero-order valence-corrected chi connectivity index (χ0v) is 18.0. The van der Waals surface area contributed by atoms with E-state index in [1.54, 1.807) is 41.4 Å². The molecule has 4 aromatic heterocycles. The molecular weight excluding hydrogens is 447 g/mol. The predicted molar refractivity (Wildman–Crippen MR) is 122 cm³/mol. The van der Waals surface area contributed by atoms with Gasteiger partial charge in [-0.2, -0.15) is 0 Å². The van der Waals surface area contributed by atoms with Crippen LogP contribution >= 0.6 is 11.6 Å². The minimum atomic E-state index is -0.593. The maximum atomic E-state index is 13.4. The number of halogens is 2. The summed E-state index contributed by atoms with van der Waals surface area (Å²) in [6, 6.07) is 13.3. The number of hydrogen-bond donors (Lipinski definition) is 1. The lowest BCUT2D eigenvalue weighted by Gasteiger charge is -2.10. The molecule has 0 fully saturated rings. The van der Waals surface area contributed by atoms with Crippen molar-refractivity contribution in [2.75, 3.05) is 12.4 Å². The van der Waals surface area contributed by atoms with E-state index in [1.165, 1.54) is 19.2 Å². The second kappa shape index (κ2) is 8.36. The van der Waals surface area contributed by atoms with Crippen LogP contribution in [-0.2, 0) is 4.74 Å². The number of pyridine rings is 2. The molecule has 1 N–H and O–H groups in total. The average molecular weight is 463 g/mol. The molecule has 5 aromatic rings. The van der Waals surface area contributed by atoms with Gasteiger partial charge in [0, 0.05) is 29.2 Å². The molecule has 0 unspecified atom stereocenters. The number of anilines is 1. The molecule has 4 heterocycles. The van der Waals surface area contributed by atoms with Crippen LogP contribution in [0.15, 0.2) is 73.3 Å². The van der Waals surface area contributed by atoms with Crippen molar-refractivity contribution in [1.29, 1.82) is 0 Å². The van der Waals surface area contributed by atoms with Gasteiger partial charge in [-0.15, -0.1) is 0 Å². The quantitative estimate of drug-likeness (QED) is 0.395. The van der Waals surface area contributed by atoms with Gasteiger partial charge in [-0.25, -0.2) is 24.1 Å². The number of amides is 1. The molecule has 5 rings (SSSR count).